The molecule has 0 radical (unpaired) electrons. The van der Waals surface area contributed by atoms with Crippen LogP contribution in [0.15, 0.2) is 5.38 Å². The van der Waals surface area contributed by atoms with Crippen LogP contribution in [0.3, 0.4) is 0 Å². The molecular formula is C13H18N2O3S. The number of aliphatic carboxylic acids is 1. The molecule has 1 amide bonds. The molecule has 1 heterocycles. The number of carboxylic acids is 1. The van der Waals surface area contributed by atoms with Crippen molar-refractivity contribution in [3.05, 3.63) is 16.1 Å². The summed E-state index contributed by atoms with van der Waals surface area (Å²) in [6.45, 7) is 2.35. The van der Waals surface area contributed by atoms with Crippen LogP contribution in [-0.4, -0.2) is 22.0 Å². The fourth-order valence-electron chi connectivity index (χ4n) is 2.44. The zero-order valence-corrected chi connectivity index (χ0v) is 11.7. The summed E-state index contributed by atoms with van der Waals surface area (Å²) in [6.07, 6.45) is 2.74. The number of nitrogens with one attached hydrogen (secondary N) is 1. The Hall–Kier alpha value is -1.43. The number of amides is 1. The molecule has 0 unspecified atom stereocenters. The number of thiazole rings is 1. The van der Waals surface area contributed by atoms with E-state index in [9.17, 15) is 9.59 Å². The van der Waals surface area contributed by atoms with Gasteiger partial charge in [-0.15, -0.1) is 11.3 Å². The van der Waals surface area contributed by atoms with Crippen LogP contribution in [0.5, 0.6) is 0 Å². The summed E-state index contributed by atoms with van der Waals surface area (Å²) >= 11 is 1.52. The lowest BCUT2D eigenvalue weighted by Gasteiger charge is -2.25. The van der Waals surface area contributed by atoms with Gasteiger partial charge in [-0.1, -0.05) is 6.42 Å². The summed E-state index contributed by atoms with van der Waals surface area (Å²) in [5.41, 5.74) is 0.956. The summed E-state index contributed by atoms with van der Waals surface area (Å²) in [6, 6.07) is 0. The molecule has 6 heteroatoms. The average Bonchev–Trinajstić information content (AvgIpc) is 2.82. The predicted molar refractivity (Wildman–Crippen MR) is 71.8 cm³/mol. The third-order valence-corrected chi connectivity index (χ3v) is 4.44. The minimum atomic E-state index is -0.784. The normalized spacial score (nSPS) is 23.0. The molecule has 1 saturated carbocycles. The van der Waals surface area contributed by atoms with Crippen LogP contribution in [0.2, 0.25) is 0 Å². The van der Waals surface area contributed by atoms with Crippen LogP contribution in [0.25, 0.3) is 0 Å². The van der Waals surface area contributed by atoms with Crippen LogP contribution in [0.4, 0.5) is 0 Å². The lowest BCUT2D eigenvalue weighted by Crippen LogP contribution is -2.35. The van der Waals surface area contributed by atoms with Crippen LogP contribution in [0, 0.1) is 18.8 Å². The SMILES string of the molecule is Cc1csc(CNC(=O)[C@@H]2CCC[C@@H](C(=O)O)C2)n1. The van der Waals surface area contributed by atoms with E-state index in [1.54, 1.807) is 0 Å². The van der Waals surface area contributed by atoms with Crippen molar-refractivity contribution in [1.82, 2.24) is 10.3 Å². The predicted octanol–water partition coefficient (Wildman–Crippen LogP) is 1.96. The van der Waals surface area contributed by atoms with E-state index in [0.29, 0.717) is 19.4 Å². The maximum Gasteiger partial charge on any atom is 0.306 e. The Bertz CT molecular complexity index is 472. The number of carbonyl (C=O) groups is 2. The number of nitrogens with zero attached hydrogens (tertiary/aromatic N) is 1. The van der Waals surface area contributed by atoms with Gasteiger partial charge in [0, 0.05) is 17.0 Å². The molecule has 1 fully saturated rings. The number of carbonyl (C=O) groups excluding carboxylic acids is 1. The van der Waals surface area contributed by atoms with Crippen molar-refractivity contribution in [3.8, 4) is 0 Å². The first-order chi connectivity index (χ1) is 9.06. The Morgan fingerprint density at radius 3 is 2.84 bits per heavy atom. The Morgan fingerprint density at radius 1 is 1.47 bits per heavy atom. The topological polar surface area (TPSA) is 79.3 Å². The number of rotatable bonds is 4. The second-order valence-electron chi connectivity index (χ2n) is 5.00. The van der Waals surface area contributed by atoms with Gasteiger partial charge in [0.15, 0.2) is 0 Å². The van der Waals surface area contributed by atoms with Crippen LogP contribution >= 0.6 is 11.3 Å². The van der Waals surface area contributed by atoms with E-state index in [1.165, 1.54) is 11.3 Å². The zero-order chi connectivity index (χ0) is 13.8. The lowest BCUT2D eigenvalue weighted by molar-refractivity contribution is -0.144. The fraction of sp³-hybridized carbons (Fsp3) is 0.615. The second kappa shape index (κ2) is 6.14. The van der Waals surface area contributed by atoms with Crippen molar-refractivity contribution < 1.29 is 14.7 Å². The molecule has 2 atom stereocenters. The number of aromatic nitrogens is 1. The van der Waals surface area contributed by atoms with Crippen LogP contribution in [0.1, 0.15) is 36.4 Å². The van der Waals surface area contributed by atoms with E-state index >= 15 is 0 Å². The molecule has 0 saturated heterocycles. The van der Waals surface area contributed by atoms with Crippen molar-refractivity contribution in [2.45, 2.75) is 39.2 Å². The largest absolute Gasteiger partial charge is 0.481 e. The molecule has 1 aliphatic carbocycles. The lowest BCUT2D eigenvalue weighted by atomic mass is 9.81. The molecule has 0 bridgehead atoms. The highest BCUT2D eigenvalue weighted by Crippen LogP contribution is 2.29. The summed E-state index contributed by atoms with van der Waals surface area (Å²) in [5, 5.41) is 14.7. The monoisotopic (exact) mass is 282 g/mol. The Labute approximate surface area is 116 Å². The highest BCUT2D eigenvalue weighted by molar-refractivity contribution is 7.09. The van der Waals surface area contributed by atoms with Gasteiger partial charge < -0.3 is 10.4 Å². The highest BCUT2D eigenvalue weighted by Gasteiger charge is 2.30. The second-order valence-corrected chi connectivity index (χ2v) is 5.94. The summed E-state index contributed by atoms with van der Waals surface area (Å²) in [5.74, 6) is -1.37. The van der Waals surface area contributed by atoms with Crippen molar-refractivity contribution in [2.24, 2.45) is 11.8 Å². The van der Waals surface area contributed by atoms with Crippen molar-refractivity contribution >= 4 is 23.2 Å². The van der Waals surface area contributed by atoms with Gasteiger partial charge in [-0.2, -0.15) is 0 Å². The molecular weight excluding hydrogens is 264 g/mol. The standard InChI is InChI=1S/C13H18N2O3S/c1-8-7-19-11(15-8)6-14-12(16)9-3-2-4-10(5-9)13(17)18/h7,9-10H,2-6H2,1H3,(H,14,16)(H,17,18)/t9-,10-/m1/s1. The molecule has 0 aromatic carbocycles. The third kappa shape index (κ3) is 3.76. The summed E-state index contributed by atoms with van der Waals surface area (Å²) in [4.78, 5) is 27.3. The third-order valence-electron chi connectivity index (χ3n) is 3.47. The first-order valence-corrected chi connectivity index (χ1v) is 7.35. The average molecular weight is 282 g/mol. The van der Waals surface area contributed by atoms with E-state index in [2.05, 4.69) is 10.3 Å². The molecule has 0 aliphatic heterocycles. The Kier molecular flexibility index (Phi) is 4.52. The maximum atomic E-state index is 12.0. The maximum absolute atomic E-state index is 12.0. The van der Waals surface area contributed by atoms with Crippen molar-refractivity contribution in [2.75, 3.05) is 0 Å². The molecule has 104 valence electrons. The van der Waals surface area contributed by atoms with E-state index in [4.69, 9.17) is 5.11 Å². The highest BCUT2D eigenvalue weighted by atomic mass is 32.1. The van der Waals surface area contributed by atoms with E-state index < -0.39 is 5.97 Å². The van der Waals surface area contributed by atoms with Gasteiger partial charge in [-0.25, -0.2) is 4.98 Å². The van der Waals surface area contributed by atoms with Crippen LogP contribution in [-0.2, 0) is 16.1 Å². The molecule has 5 nitrogen and oxygen atoms in total. The summed E-state index contributed by atoms with van der Waals surface area (Å²) < 4.78 is 0. The molecule has 2 N–H and O–H groups in total. The van der Waals surface area contributed by atoms with E-state index in [-0.39, 0.29) is 17.7 Å². The molecule has 1 aliphatic rings. The number of aryl methyl sites for hydroxylation is 1. The first-order valence-electron chi connectivity index (χ1n) is 6.48. The minimum absolute atomic E-state index is 0.0428. The number of hydrogen-bond acceptors (Lipinski definition) is 4. The molecule has 1 aromatic heterocycles. The molecule has 2 rings (SSSR count). The Morgan fingerprint density at radius 2 is 2.21 bits per heavy atom. The Balaban J connectivity index is 1.84. The summed E-state index contributed by atoms with van der Waals surface area (Å²) in [7, 11) is 0. The van der Waals surface area contributed by atoms with Gasteiger partial charge in [0.2, 0.25) is 5.91 Å². The van der Waals surface area contributed by atoms with E-state index in [1.807, 2.05) is 12.3 Å². The number of hydrogen-bond donors (Lipinski definition) is 2. The van der Waals surface area contributed by atoms with Gasteiger partial charge in [0.25, 0.3) is 0 Å². The first kappa shape index (κ1) is 14.0. The minimum Gasteiger partial charge on any atom is -0.481 e. The smallest absolute Gasteiger partial charge is 0.306 e. The van der Waals surface area contributed by atoms with Gasteiger partial charge >= 0.3 is 5.97 Å². The zero-order valence-electron chi connectivity index (χ0n) is 10.9. The fourth-order valence-corrected chi connectivity index (χ4v) is 3.15. The molecule has 19 heavy (non-hydrogen) atoms. The van der Waals surface area contributed by atoms with Gasteiger partial charge in [-0.3, -0.25) is 9.59 Å². The van der Waals surface area contributed by atoms with Crippen LogP contribution < -0.4 is 5.32 Å². The van der Waals surface area contributed by atoms with Gasteiger partial charge in [0.1, 0.15) is 5.01 Å². The quantitative estimate of drug-likeness (QED) is 0.884. The van der Waals surface area contributed by atoms with Crippen molar-refractivity contribution in [3.63, 3.8) is 0 Å². The van der Waals surface area contributed by atoms with E-state index in [0.717, 1.165) is 23.5 Å². The van der Waals surface area contributed by atoms with Crippen molar-refractivity contribution in [1.29, 1.82) is 0 Å². The molecule has 1 aromatic rings. The van der Waals surface area contributed by atoms with Gasteiger partial charge in [0.05, 0.1) is 12.5 Å². The number of carboxylic acid groups (broad SMARTS) is 1. The van der Waals surface area contributed by atoms with Gasteiger partial charge in [-0.05, 0) is 26.2 Å². The molecule has 0 spiro atoms.